The standard InChI is InChI=1S/C15H17F4NO4/c1-2-23-12-8-20(7-10(12)21)13(22)9-5-3-4-6-11(9)24-15(18,19)14(16)17/h3-6,10,12,14,21H,2,7-8H2,1H3/t10-,12-/m1/s1. The molecule has 1 fully saturated rings. The highest BCUT2D eigenvalue weighted by Crippen LogP contribution is 2.31. The van der Waals surface area contributed by atoms with Gasteiger partial charge in [-0.15, -0.1) is 0 Å². The number of nitrogens with zero attached hydrogens (tertiary/aromatic N) is 1. The van der Waals surface area contributed by atoms with Gasteiger partial charge in [-0.05, 0) is 19.1 Å². The molecule has 1 heterocycles. The Hall–Kier alpha value is -1.87. The van der Waals surface area contributed by atoms with Crippen LogP contribution in [0.25, 0.3) is 0 Å². The number of β-amino-alcohol motifs (C(OH)–C–C–N with tert-alkyl or cyclic N) is 1. The molecule has 1 aliphatic heterocycles. The number of aliphatic hydroxyl groups excluding tert-OH is 1. The van der Waals surface area contributed by atoms with Gasteiger partial charge in [-0.2, -0.15) is 17.6 Å². The van der Waals surface area contributed by atoms with E-state index in [2.05, 4.69) is 4.74 Å². The Morgan fingerprint density at radius 3 is 2.67 bits per heavy atom. The zero-order valence-electron chi connectivity index (χ0n) is 12.8. The quantitative estimate of drug-likeness (QED) is 0.798. The Balaban J connectivity index is 2.19. The summed E-state index contributed by atoms with van der Waals surface area (Å²) >= 11 is 0. The van der Waals surface area contributed by atoms with E-state index in [-0.39, 0.29) is 18.7 Å². The molecule has 0 spiro atoms. The summed E-state index contributed by atoms with van der Waals surface area (Å²) in [6.45, 7) is 2.08. The highest BCUT2D eigenvalue weighted by molar-refractivity contribution is 5.97. The summed E-state index contributed by atoms with van der Waals surface area (Å²) in [6.07, 6.45) is -10.2. The Labute approximate surface area is 135 Å². The topological polar surface area (TPSA) is 59.0 Å². The predicted molar refractivity (Wildman–Crippen MR) is 75.3 cm³/mol. The van der Waals surface area contributed by atoms with Crippen molar-refractivity contribution in [2.24, 2.45) is 0 Å². The molecule has 1 N–H and O–H groups in total. The smallest absolute Gasteiger partial charge is 0.427 e. The summed E-state index contributed by atoms with van der Waals surface area (Å²) in [7, 11) is 0. The fourth-order valence-electron chi connectivity index (χ4n) is 2.39. The van der Waals surface area contributed by atoms with E-state index in [4.69, 9.17) is 4.74 Å². The summed E-state index contributed by atoms with van der Waals surface area (Å²) in [6, 6.07) is 4.89. The predicted octanol–water partition coefficient (Wildman–Crippen LogP) is 2.15. The van der Waals surface area contributed by atoms with E-state index in [1.54, 1.807) is 6.92 Å². The second-order valence-corrected chi connectivity index (χ2v) is 5.23. The van der Waals surface area contributed by atoms with Gasteiger partial charge in [0.05, 0.1) is 11.7 Å². The van der Waals surface area contributed by atoms with Crippen LogP contribution < -0.4 is 4.74 Å². The molecule has 9 heteroatoms. The average molecular weight is 351 g/mol. The number of likely N-dealkylation sites (tertiary alicyclic amines) is 1. The van der Waals surface area contributed by atoms with Gasteiger partial charge in [0.25, 0.3) is 5.91 Å². The molecule has 1 saturated heterocycles. The van der Waals surface area contributed by atoms with Crippen LogP contribution in [0.1, 0.15) is 17.3 Å². The Kier molecular flexibility index (Phi) is 5.66. The molecule has 0 aliphatic carbocycles. The molecule has 24 heavy (non-hydrogen) atoms. The van der Waals surface area contributed by atoms with Crippen molar-refractivity contribution in [3.8, 4) is 5.75 Å². The molecule has 0 aromatic heterocycles. The van der Waals surface area contributed by atoms with Crippen LogP contribution in [-0.4, -0.2) is 60.4 Å². The number of carbonyl (C=O) groups is 1. The minimum Gasteiger partial charge on any atom is -0.427 e. The molecular weight excluding hydrogens is 334 g/mol. The monoisotopic (exact) mass is 351 g/mol. The molecule has 0 saturated carbocycles. The normalized spacial score (nSPS) is 21.4. The molecule has 1 amide bonds. The number of para-hydroxylation sites is 1. The molecule has 1 aliphatic rings. The maximum atomic E-state index is 13.1. The number of hydrogen-bond donors (Lipinski definition) is 1. The van der Waals surface area contributed by atoms with E-state index < -0.39 is 36.4 Å². The molecular formula is C15H17F4NO4. The van der Waals surface area contributed by atoms with E-state index in [1.807, 2.05) is 0 Å². The van der Waals surface area contributed by atoms with Gasteiger partial charge in [-0.1, -0.05) is 12.1 Å². The van der Waals surface area contributed by atoms with E-state index in [0.717, 1.165) is 6.07 Å². The number of rotatable bonds is 6. The maximum Gasteiger partial charge on any atom is 0.461 e. The van der Waals surface area contributed by atoms with Crippen molar-refractivity contribution < 1.29 is 36.9 Å². The molecule has 0 unspecified atom stereocenters. The van der Waals surface area contributed by atoms with Crippen molar-refractivity contribution >= 4 is 5.91 Å². The zero-order chi connectivity index (χ0) is 17.9. The van der Waals surface area contributed by atoms with Crippen molar-refractivity contribution in [3.63, 3.8) is 0 Å². The summed E-state index contributed by atoms with van der Waals surface area (Å²) in [5.41, 5.74) is -0.290. The fourth-order valence-corrected chi connectivity index (χ4v) is 2.39. The third-order valence-electron chi connectivity index (χ3n) is 3.52. The molecule has 2 rings (SSSR count). The SMILES string of the molecule is CCO[C@@H]1CN(C(=O)c2ccccc2OC(F)(F)C(F)F)C[C@H]1O. The zero-order valence-corrected chi connectivity index (χ0v) is 12.8. The number of aliphatic hydroxyl groups is 1. The molecule has 0 bridgehead atoms. The van der Waals surface area contributed by atoms with Gasteiger partial charge in [0, 0.05) is 19.7 Å². The minimum absolute atomic E-state index is 0.0525. The lowest BCUT2D eigenvalue weighted by molar-refractivity contribution is -0.253. The number of hydrogen-bond acceptors (Lipinski definition) is 4. The van der Waals surface area contributed by atoms with Crippen LogP contribution in [-0.2, 0) is 4.74 Å². The van der Waals surface area contributed by atoms with Crippen molar-refractivity contribution in [3.05, 3.63) is 29.8 Å². The van der Waals surface area contributed by atoms with Crippen LogP contribution in [0.4, 0.5) is 17.6 Å². The van der Waals surface area contributed by atoms with Crippen LogP contribution in [0.15, 0.2) is 24.3 Å². The Morgan fingerprint density at radius 1 is 1.38 bits per heavy atom. The van der Waals surface area contributed by atoms with Gasteiger partial charge in [-0.3, -0.25) is 4.79 Å². The Bertz CT molecular complexity index is 584. The second-order valence-electron chi connectivity index (χ2n) is 5.23. The highest BCUT2D eigenvalue weighted by atomic mass is 19.3. The number of ether oxygens (including phenoxy) is 2. The van der Waals surface area contributed by atoms with Crippen molar-refractivity contribution in [1.82, 2.24) is 4.90 Å². The third-order valence-corrected chi connectivity index (χ3v) is 3.52. The summed E-state index contributed by atoms with van der Waals surface area (Å²) < 4.78 is 60.2. The highest BCUT2D eigenvalue weighted by Gasteiger charge is 2.45. The number of carbonyl (C=O) groups excluding carboxylic acids is 1. The number of halogens is 4. The Morgan fingerprint density at radius 2 is 2.04 bits per heavy atom. The molecule has 5 nitrogen and oxygen atoms in total. The lowest BCUT2D eigenvalue weighted by atomic mass is 10.1. The second kappa shape index (κ2) is 7.35. The van der Waals surface area contributed by atoms with Crippen LogP contribution in [0, 0.1) is 0 Å². The van der Waals surface area contributed by atoms with E-state index in [9.17, 15) is 27.5 Å². The summed E-state index contributed by atoms with van der Waals surface area (Å²) in [5.74, 6) is -1.36. The number of amides is 1. The molecule has 1 aromatic rings. The minimum atomic E-state index is -4.71. The molecule has 0 radical (unpaired) electrons. The maximum absolute atomic E-state index is 13.1. The summed E-state index contributed by atoms with van der Waals surface area (Å²) in [4.78, 5) is 13.7. The van der Waals surface area contributed by atoms with Gasteiger partial charge < -0.3 is 19.5 Å². The first-order chi connectivity index (χ1) is 11.3. The van der Waals surface area contributed by atoms with Crippen molar-refractivity contribution in [1.29, 1.82) is 0 Å². The number of alkyl halides is 4. The van der Waals surface area contributed by atoms with Crippen LogP contribution in [0.3, 0.4) is 0 Å². The van der Waals surface area contributed by atoms with Crippen LogP contribution in [0.5, 0.6) is 5.75 Å². The third kappa shape index (κ3) is 3.96. The first-order valence-electron chi connectivity index (χ1n) is 7.29. The lowest BCUT2D eigenvalue weighted by Crippen LogP contribution is -2.35. The average Bonchev–Trinajstić information content (AvgIpc) is 2.88. The van der Waals surface area contributed by atoms with E-state index in [1.165, 1.54) is 23.1 Å². The van der Waals surface area contributed by atoms with Crippen LogP contribution in [0.2, 0.25) is 0 Å². The van der Waals surface area contributed by atoms with Crippen molar-refractivity contribution in [2.45, 2.75) is 31.7 Å². The molecule has 1 aromatic carbocycles. The van der Waals surface area contributed by atoms with Gasteiger partial charge >= 0.3 is 12.5 Å². The fraction of sp³-hybridized carbons (Fsp3) is 0.533. The summed E-state index contributed by atoms with van der Waals surface area (Å²) in [5, 5.41) is 9.85. The van der Waals surface area contributed by atoms with Gasteiger partial charge in [0.2, 0.25) is 0 Å². The number of benzene rings is 1. The lowest BCUT2D eigenvalue weighted by Gasteiger charge is -2.21. The van der Waals surface area contributed by atoms with Gasteiger partial charge in [-0.25, -0.2) is 0 Å². The van der Waals surface area contributed by atoms with E-state index >= 15 is 0 Å². The van der Waals surface area contributed by atoms with E-state index in [0.29, 0.717) is 6.61 Å². The molecule has 134 valence electrons. The van der Waals surface area contributed by atoms with Gasteiger partial charge in [0.15, 0.2) is 0 Å². The van der Waals surface area contributed by atoms with Crippen molar-refractivity contribution in [2.75, 3.05) is 19.7 Å². The first kappa shape index (κ1) is 18.5. The largest absolute Gasteiger partial charge is 0.461 e. The molecule has 2 atom stereocenters. The first-order valence-corrected chi connectivity index (χ1v) is 7.29. The van der Waals surface area contributed by atoms with Gasteiger partial charge in [0.1, 0.15) is 11.9 Å². The van der Waals surface area contributed by atoms with Crippen LogP contribution >= 0.6 is 0 Å².